The molecule has 1 aromatic rings. The maximum atomic E-state index is 13.3. The molecule has 1 aliphatic rings. The highest BCUT2D eigenvalue weighted by Gasteiger charge is 2.27. The van der Waals surface area contributed by atoms with Crippen LogP contribution in [0.15, 0.2) is 6.07 Å². The van der Waals surface area contributed by atoms with E-state index in [0.29, 0.717) is 19.0 Å². The van der Waals surface area contributed by atoms with Gasteiger partial charge in [-0.15, -0.1) is 0 Å². The van der Waals surface area contributed by atoms with E-state index < -0.39 is 34.9 Å². The van der Waals surface area contributed by atoms with Gasteiger partial charge in [0, 0.05) is 17.7 Å². The van der Waals surface area contributed by atoms with Crippen molar-refractivity contribution in [1.29, 1.82) is 0 Å². The van der Waals surface area contributed by atoms with Crippen LogP contribution in [0.2, 0.25) is 0 Å². The second kappa shape index (κ2) is 3.81. The molecule has 1 nitrogen and oxygen atoms in total. The molecule has 1 aromatic carbocycles. The summed E-state index contributed by atoms with van der Waals surface area (Å²) < 4.78 is 52.0. The molecule has 82 valence electrons. The maximum Gasteiger partial charge on any atom is 0.194 e. The summed E-state index contributed by atoms with van der Waals surface area (Å²) in [5.41, 5.74) is -0.397. The Morgan fingerprint density at radius 3 is 2.40 bits per heavy atom. The lowest BCUT2D eigenvalue weighted by atomic mass is 10.0. The summed E-state index contributed by atoms with van der Waals surface area (Å²) in [7, 11) is 0. The first-order valence-corrected chi connectivity index (χ1v) is 4.67. The van der Waals surface area contributed by atoms with Crippen molar-refractivity contribution in [2.75, 3.05) is 6.54 Å². The zero-order valence-corrected chi connectivity index (χ0v) is 7.79. The average molecular weight is 219 g/mol. The van der Waals surface area contributed by atoms with Crippen LogP contribution < -0.4 is 5.32 Å². The Hall–Kier alpha value is -1.10. The van der Waals surface area contributed by atoms with Crippen LogP contribution in [0, 0.1) is 23.3 Å². The Kier molecular flexibility index (Phi) is 2.65. The summed E-state index contributed by atoms with van der Waals surface area (Å²) in [6, 6.07) is -0.173. The molecule has 0 radical (unpaired) electrons. The zero-order valence-electron chi connectivity index (χ0n) is 7.79. The lowest BCUT2D eigenvalue weighted by Crippen LogP contribution is -2.17. The first kappa shape index (κ1) is 10.4. The highest BCUT2D eigenvalue weighted by Crippen LogP contribution is 2.29. The molecule has 1 N–H and O–H groups in total. The van der Waals surface area contributed by atoms with Crippen molar-refractivity contribution in [1.82, 2.24) is 5.32 Å². The molecule has 0 bridgehead atoms. The van der Waals surface area contributed by atoms with Gasteiger partial charge in [-0.2, -0.15) is 0 Å². The van der Waals surface area contributed by atoms with E-state index in [9.17, 15) is 17.6 Å². The first-order chi connectivity index (χ1) is 7.11. The van der Waals surface area contributed by atoms with E-state index in [1.165, 1.54) is 0 Å². The Morgan fingerprint density at radius 1 is 1.07 bits per heavy atom. The molecule has 0 aliphatic carbocycles. The molecule has 15 heavy (non-hydrogen) atoms. The van der Waals surface area contributed by atoms with E-state index in [2.05, 4.69) is 5.32 Å². The standard InChI is InChI=1S/C10H9F4N/c11-5-4-6(12)9(13)10(14)8(5)7-2-1-3-15-7/h4,7,15H,1-3H2/t7-/m0/s1. The van der Waals surface area contributed by atoms with Crippen LogP contribution in [-0.2, 0) is 0 Å². The van der Waals surface area contributed by atoms with Gasteiger partial charge in [-0.1, -0.05) is 0 Å². The minimum atomic E-state index is -1.61. The molecule has 2 rings (SSSR count). The van der Waals surface area contributed by atoms with Gasteiger partial charge in [-0.05, 0) is 19.4 Å². The van der Waals surface area contributed by atoms with Crippen LogP contribution in [0.25, 0.3) is 0 Å². The van der Waals surface area contributed by atoms with Crippen molar-refractivity contribution in [3.8, 4) is 0 Å². The minimum absolute atomic E-state index is 0.383. The van der Waals surface area contributed by atoms with E-state index in [4.69, 9.17) is 0 Å². The minimum Gasteiger partial charge on any atom is -0.310 e. The smallest absolute Gasteiger partial charge is 0.194 e. The summed E-state index contributed by atoms with van der Waals surface area (Å²) >= 11 is 0. The van der Waals surface area contributed by atoms with Gasteiger partial charge in [0.05, 0.1) is 0 Å². The third kappa shape index (κ3) is 1.71. The predicted molar refractivity (Wildman–Crippen MR) is 46.3 cm³/mol. The van der Waals surface area contributed by atoms with E-state index in [0.717, 1.165) is 6.42 Å². The van der Waals surface area contributed by atoms with E-state index in [1.54, 1.807) is 0 Å². The van der Waals surface area contributed by atoms with Gasteiger partial charge in [-0.25, -0.2) is 17.6 Å². The third-order valence-electron chi connectivity index (χ3n) is 2.56. The summed E-state index contributed by atoms with van der Waals surface area (Å²) in [5, 5.41) is 2.83. The topological polar surface area (TPSA) is 12.0 Å². The van der Waals surface area contributed by atoms with E-state index >= 15 is 0 Å². The molecule has 5 heteroatoms. The van der Waals surface area contributed by atoms with Gasteiger partial charge in [0.25, 0.3) is 0 Å². The van der Waals surface area contributed by atoms with Gasteiger partial charge >= 0.3 is 0 Å². The normalized spacial score (nSPS) is 20.9. The summed E-state index contributed by atoms with van der Waals surface area (Å²) in [4.78, 5) is 0. The monoisotopic (exact) mass is 219 g/mol. The fourth-order valence-corrected chi connectivity index (χ4v) is 1.83. The van der Waals surface area contributed by atoms with Gasteiger partial charge in [-0.3, -0.25) is 0 Å². The van der Waals surface area contributed by atoms with Crippen LogP contribution in [0.1, 0.15) is 24.4 Å². The van der Waals surface area contributed by atoms with Crippen LogP contribution in [0.3, 0.4) is 0 Å². The van der Waals surface area contributed by atoms with Crippen molar-refractivity contribution in [3.05, 3.63) is 34.9 Å². The van der Waals surface area contributed by atoms with Crippen molar-refractivity contribution in [3.63, 3.8) is 0 Å². The second-order valence-electron chi connectivity index (χ2n) is 3.53. The number of nitrogens with one attached hydrogen (secondary N) is 1. The van der Waals surface area contributed by atoms with Gasteiger partial charge in [0.15, 0.2) is 17.5 Å². The van der Waals surface area contributed by atoms with E-state index in [1.807, 2.05) is 0 Å². The molecule has 1 saturated heterocycles. The van der Waals surface area contributed by atoms with Crippen LogP contribution in [-0.4, -0.2) is 6.54 Å². The largest absolute Gasteiger partial charge is 0.310 e. The lowest BCUT2D eigenvalue weighted by molar-refractivity contribution is 0.412. The molecule has 0 spiro atoms. The number of hydrogen-bond donors (Lipinski definition) is 1. The van der Waals surface area contributed by atoms with Crippen LogP contribution in [0.4, 0.5) is 17.6 Å². The highest BCUT2D eigenvalue weighted by molar-refractivity contribution is 5.26. The molecule has 1 atom stereocenters. The lowest BCUT2D eigenvalue weighted by Gasteiger charge is -2.13. The predicted octanol–water partition coefficient (Wildman–Crippen LogP) is 2.67. The van der Waals surface area contributed by atoms with Crippen molar-refractivity contribution in [2.45, 2.75) is 18.9 Å². The summed E-state index contributed by atoms with van der Waals surface area (Å²) in [6.07, 6.45) is 1.29. The fraction of sp³-hybridized carbons (Fsp3) is 0.400. The second-order valence-corrected chi connectivity index (χ2v) is 3.53. The Bertz CT molecular complexity index is 385. The molecular weight excluding hydrogens is 210 g/mol. The molecule has 0 amide bonds. The average Bonchev–Trinajstić information content (AvgIpc) is 2.68. The Morgan fingerprint density at radius 2 is 1.80 bits per heavy atom. The molecule has 1 fully saturated rings. The van der Waals surface area contributed by atoms with Crippen molar-refractivity contribution in [2.24, 2.45) is 0 Å². The molecular formula is C10H9F4N. The maximum absolute atomic E-state index is 13.3. The van der Waals surface area contributed by atoms with Gasteiger partial charge < -0.3 is 5.32 Å². The quantitative estimate of drug-likeness (QED) is 0.435. The number of hydrogen-bond acceptors (Lipinski definition) is 1. The van der Waals surface area contributed by atoms with Crippen molar-refractivity contribution < 1.29 is 17.6 Å². The number of benzene rings is 1. The highest BCUT2D eigenvalue weighted by atomic mass is 19.2. The first-order valence-electron chi connectivity index (χ1n) is 4.67. The number of rotatable bonds is 1. The van der Waals surface area contributed by atoms with Crippen LogP contribution >= 0.6 is 0 Å². The molecule has 0 aromatic heterocycles. The zero-order chi connectivity index (χ0) is 11.0. The van der Waals surface area contributed by atoms with Crippen LogP contribution in [0.5, 0.6) is 0 Å². The van der Waals surface area contributed by atoms with Crippen molar-refractivity contribution >= 4 is 0 Å². The summed E-state index contributed by atoms with van der Waals surface area (Å²) in [5.74, 6) is -5.57. The molecule has 0 saturated carbocycles. The number of halogens is 4. The fourth-order valence-electron chi connectivity index (χ4n) is 1.83. The van der Waals surface area contributed by atoms with E-state index in [-0.39, 0.29) is 0 Å². The Balaban J connectivity index is 2.50. The molecule has 1 aliphatic heterocycles. The molecule has 0 unspecified atom stereocenters. The molecule has 1 heterocycles. The third-order valence-corrected chi connectivity index (χ3v) is 2.56. The van der Waals surface area contributed by atoms with Gasteiger partial charge in [0.2, 0.25) is 0 Å². The Labute approximate surface area is 84.1 Å². The SMILES string of the molecule is Fc1cc(F)c([C@@H]2CCCN2)c(F)c1F. The van der Waals surface area contributed by atoms with Gasteiger partial charge in [0.1, 0.15) is 5.82 Å². The summed E-state index contributed by atoms with van der Waals surface area (Å²) in [6.45, 7) is 0.628.